The smallest absolute Gasteiger partial charge is 0.251 e. The molecule has 13 heteroatoms. The molecule has 3 aromatic rings. The fourth-order valence-electron chi connectivity index (χ4n) is 6.63. The van der Waals surface area contributed by atoms with Crippen molar-refractivity contribution in [1.29, 1.82) is 5.26 Å². The number of carbonyl (C=O) groups excluding carboxylic acids is 2. The maximum absolute atomic E-state index is 13.6. The van der Waals surface area contributed by atoms with Crippen molar-refractivity contribution < 1.29 is 18.0 Å². The van der Waals surface area contributed by atoms with Crippen LogP contribution in [0.1, 0.15) is 86.0 Å². The number of rotatable bonds is 14. The minimum absolute atomic E-state index is 0.00239. The summed E-state index contributed by atoms with van der Waals surface area (Å²) in [5.41, 5.74) is 5.79. The Labute approximate surface area is 296 Å². The van der Waals surface area contributed by atoms with Gasteiger partial charge in [-0.15, -0.1) is 0 Å². The number of aromatic amines is 1. The number of carbonyl (C=O) groups is 2. The van der Waals surface area contributed by atoms with E-state index in [-0.39, 0.29) is 23.4 Å². The van der Waals surface area contributed by atoms with Crippen LogP contribution in [0.3, 0.4) is 0 Å². The van der Waals surface area contributed by atoms with Crippen molar-refractivity contribution in [1.82, 2.24) is 15.3 Å². The molecule has 5 rings (SSSR count). The van der Waals surface area contributed by atoms with Gasteiger partial charge < -0.3 is 15.6 Å². The number of halogens is 1. The molecule has 2 heterocycles. The zero-order valence-electron chi connectivity index (χ0n) is 28.0. The molecule has 0 fully saturated rings. The van der Waals surface area contributed by atoms with E-state index < -0.39 is 21.9 Å². The number of sulfonamides is 1. The Balaban J connectivity index is 1.41. The van der Waals surface area contributed by atoms with Crippen molar-refractivity contribution in [2.45, 2.75) is 71.8 Å². The van der Waals surface area contributed by atoms with Crippen LogP contribution in [0.25, 0.3) is 0 Å². The topological polar surface area (TPSA) is 169 Å². The van der Waals surface area contributed by atoms with Gasteiger partial charge in [0.25, 0.3) is 5.91 Å². The van der Waals surface area contributed by atoms with E-state index in [1.165, 1.54) is 0 Å². The second-order valence-corrected chi connectivity index (χ2v) is 15.4. The summed E-state index contributed by atoms with van der Waals surface area (Å²) in [7, 11) is -3.70. The van der Waals surface area contributed by atoms with Crippen molar-refractivity contribution in [2.24, 2.45) is 16.8 Å². The van der Waals surface area contributed by atoms with Crippen molar-refractivity contribution >= 4 is 54.7 Å². The maximum atomic E-state index is 13.6. The number of Topliss-reactive ketones (excluding diaryl/α,β-unsaturated/α-hetero) is 1. The minimum atomic E-state index is -3.70. The molecule has 1 aliphatic heterocycles. The molecule has 2 aromatic carbocycles. The van der Waals surface area contributed by atoms with Crippen LogP contribution in [0.4, 0.5) is 11.4 Å². The van der Waals surface area contributed by atoms with Crippen LogP contribution >= 0.6 is 15.9 Å². The predicted molar refractivity (Wildman–Crippen MR) is 195 cm³/mol. The van der Waals surface area contributed by atoms with Gasteiger partial charge in [0, 0.05) is 70.8 Å². The van der Waals surface area contributed by atoms with Gasteiger partial charge in [-0.05, 0) is 83.4 Å². The van der Waals surface area contributed by atoms with Gasteiger partial charge in [-0.1, -0.05) is 32.4 Å². The molecule has 0 radical (unpaired) electrons. The second-order valence-electron chi connectivity index (χ2n) is 12.7. The minimum Gasteiger partial charge on any atom is -0.378 e. The van der Waals surface area contributed by atoms with E-state index in [2.05, 4.69) is 54.2 Å². The van der Waals surface area contributed by atoms with Gasteiger partial charge >= 0.3 is 0 Å². The molecule has 11 nitrogen and oxygen atoms in total. The first-order valence-corrected chi connectivity index (χ1v) is 19.1. The Kier molecular flexibility index (Phi) is 11.7. The molecule has 49 heavy (non-hydrogen) atoms. The van der Waals surface area contributed by atoms with E-state index in [0.717, 1.165) is 29.8 Å². The van der Waals surface area contributed by atoms with Gasteiger partial charge in [-0.3, -0.25) is 19.3 Å². The van der Waals surface area contributed by atoms with E-state index in [1.807, 2.05) is 25.1 Å². The molecule has 0 spiro atoms. The molecule has 4 N–H and O–H groups in total. The molecule has 0 bridgehead atoms. The summed E-state index contributed by atoms with van der Waals surface area (Å²) < 4.78 is 29.5. The third-order valence-electron chi connectivity index (χ3n) is 8.94. The van der Waals surface area contributed by atoms with Gasteiger partial charge in [-0.25, -0.2) is 13.4 Å². The Morgan fingerprint density at radius 3 is 2.59 bits per heavy atom. The fraction of sp³-hybridized carbons (Fsp3) is 0.417. The molecule has 258 valence electrons. The van der Waals surface area contributed by atoms with Crippen LogP contribution < -0.4 is 15.4 Å². The molecule has 0 saturated heterocycles. The number of amides is 1. The van der Waals surface area contributed by atoms with Crippen molar-refractivity contribution in [3.05, 3.63) is 87.0 Å². The number of imidazole rings is 1. The molecule has 3 unspecified atom stereocenters. The van der Waals surface area contributed by atoms with Gasteiger partial charge in [0.05, 0.1) is 35.4 Å². The highest BCUT2D eigenvalue weighted by Crippen LogP contribution is 2.47. The number of H-pyrrole nitrogens is 1. The zero-order chi connectivity index (χ0) is 35.1. The summed E-state index contributed by atoms with van der Waals surface area (Å²) in [6.07, 6.45) is 7.41. The number of allylic oxidation sites excluding steroid dienone is 2. The van der Waals surface area contributed by atoms with E-state index in [1.54, 1.807) is 37.6 Å². The standard InChI is InChI=1S/C36H42BrN7O4S/c1-4-6-24-14-30-34(32(45)15-24)33(28(18-38)22(3)43-30)26-16-29(37)35(31(17-26)44-49(47,48)13-5-2)41-19-23-7-9-25(10-8-23)36(46)40-12-11-27-20-39-21-42-27/h7-10,16-17,20-21,24,28,33,41,44H,4-6,11-15,19H2,1-3H3,(H,39,42)(H,40,46). The Morgan fingerprint density at radius 1 is 1.14 bits per heavy atom. The number of hydrogen-bond acceptors (Lipinski definition) is 8. The molecule has 0 saturated carbocycles. The Hall–Kier alpha value is -4.28. The number of hydrogen-bond donors (Lipinski definition) is 4. The van der Waals surface area contributed by atoms with Crippen molar-refractivity contribution in [3.8, 4) is 6.07 Å². The van der Waals surface area contributed by atoms with Crippen LogP contribution in [0.15, 0.2) is 69.7 Å². The highest BCUT2D eigenvalue weighted by Gasteiger charge is 2.41. The van der Waals surface area contributed by atoms with E-state index in [9.17, 15) is 23.3 Å². The molecule has 1 aromatic heterocycles. The van der Waals surface area contributed by atoms with Gasteiger partial charge in [0.2, 0.25) is 10.0 Å². The molecule has 3 atom stereocenters. The summed E-state index contributed by atoms with van der Waals surface area (Å²) in [6, 6.07) is 13.2. The predicted octanol–water partition coefficient (Wildman–Crippen LogP) is 6.64. The van der Waals surface area contributed by atoms with Gasteiger partial charge in [0.15, 0.2) is 5.78 Å². The van der Waals surface area contributed by atoms with E-state index >= 15 is 0 Å². The Morgan fingerprint density at radius 2 is 1.92 bits per heavy atom. The molecule has 1 amide bonds. The number of aliphatic imine (C=N–C) groups is 1. The molecular formula is C36H42BrN7O4S. The summed E-state index contributed by atoms with van der Waals surface area (Å²) in [5, 5.41) is 16.5. The average Bonchev–Trinajstić information content (AvgIpc) is 3.57. The number of ketones is 1. The third kappa shape index (κ3) is 8.66. The molecular weight excluding hydrogens is 706 g/mol. The van der Waals surface area contributed by atoms with E-state index in [4.69, 9.17) is 4.99 Å². The summed E-state index contributed by atoms with van der Waals surface area (Å²) >= 11 is 3.67. The number of nitrogens with zero attached hydrogens (tertiary/aromatic N) is 3. The summed E-state index contributed by atoms with van der Waals surface area (Å²) in [4.78, 5) is 38.0. The quantitative estimate of drug-likeness (QED) is 0.143. The number of nitriles is 1. The second kappa shape index (κ2) is 16.0. The first-order chi connectivity index (χ1) is 23.5. The average molecular weight is 749 g/mol. The maximum Gasteiger partial charge on any atom is 0.251 e. The number of aromatic nitrogens is 2. The highest BCUT2D eigenvalue weighted by molar-refractivity contribution is 9.10. The van der Waals surface area contributed by atoms with Gasteiger partial charge in [-0.2, -0.15) is 5.26 Å². The van der Waals surface area contributed by atoms with Crippen molar-refractivity contribution in [3.63, 3.8) is 0 Å². The Bertz CT molecular complexity index is 1900. The number of benzene rings is 2. The lowest BCUT2D eigenvalue weighted by Gasteiger charge is -2.35. The normalized spacial score (nSPS) is 19.1. The van der Waals surface area contributed by atoms with Crippen LogP contribution in [0.2, 0.25) is 0 Å². The number of anilines is 2. The highest BCUT2D eigenvalue weighted by atomic mass is 79.9. The van der Waals surface area contributed by atoms with Crippen LogP contribution in [-0.2, 0) is 27.8 Å². The lowest BCUT2D eigenvalue weighted by Crippen LogP contribution is -2.33. The van der Waals surface area contributed by atoms with Crippen LogP contribution in [0, 0.1) is 23.2 Å². The zero-order valence-corrected chi connectivity index (χ0v) is 30.4. The fourth-order valence-corrected chi connectivity index (χ4v) is 8.38. The van der Waals surface area contributed by atoms with Crippen LogP contribution in [-0.4, -0.2) is 48.1 Å². The monoisotopic (exact) mass is 747 g/mol. The third-order valence-corrected chi connectivity index (χ3v) is 11.0. The molecule has 2 aliphatic rings. The number of nitrogens with one attached hydrogen (secondary N) is 4. The van der Waals surface area contributed by atoms with E-state index in [0.29, 0.717) is 77.0 Å². The largest absolute Gasteiger partial charge is 0.378 e. The van der Waals surface area contributed by atoms with Crippen molar-refractivity contribution in [2.75, 3.05) is 22.3 Å². The SMILES string of the molecule is CCCC1CC(=O)C2=C(C1)N=C(C)C(C#N)C2c1cc(Br)c(NCc2ccc(C(=O)NCCc3cnc[nH]3)cc2)c(NS(=O)(=O)CCC)c1. The molecule has 1 aliphatic carbocycles. The summed E-state index contributed by atoms with van der Waals surface area (Å²) in [5.74, 6) is -1.27. The lowest BCUT2D eigenvalue weighted by atomic mass is 9.70. The summed E-state index contributed by atoms with van der Waals surface area (Å²) in [6.45, 7) is 6.53. The first-order valence-electron chi connectivity index (χ1n) is 16.7. The van der Waals surface area contributed by atoms with Gasteiger partial charge in [0.1, 0.15) is 0 Å². The van der Waals surface area contributed by atoms with Crippen LogP contribution in [0.5, 0.6) is 0 Å². The first kappa shape index (κ1) is 36.0. The lowest BCUT2D eigenvalue weighted by molar-refractivity contribution is -0.117.